The normalized spacial score (nSPS) is 27.0. The van der Waals surface area contributed by atoms with Crippen LogP contribution in [0.1, 0.15) is 23.3 Å². The molecule has 3 aliphatic rings. The molecule has 0 aliphatic carbocycles. The number of carbonyl (C=O) groups is 1. The van der Waals surface area contributed by atoms with Crippen LogP contribution in [-0.2, 0) is 0 Å². The summed E-state index contributed by atoms with van der Waals surface area (Å²) in [5.74, 6) is 0.140. The molecule has 4 heterocycles. The van der Waals surface area contributed by atoms with Crippen molar-refractivity contribution in [1.29, 1.82) is 0 Å². The van der Waals surface area contributed by atoms with Gasteiger partial charge >= 0.3 is 0 Å². The number of anilines is 1. The van der Waals surface area contributed by atoms with Crippen LogP contribution in [0.3, 0.4) is 0 Å². The van der Waals surface area contributed by atoms with Crippen molar-refractivity contribution in [3.8, 4) is 0 Å². The highest BCUT2D eigenvalue weighted by atomic mass is 16.1. The molecule has 3 fully saturated rings. The molecule has 96 valence electrons. The van der Waals surface area contributed by atoms with Crippen LogP contribution in [0.15, 0.2) is 12.3 Å². The van der Waals surface area contributed by atoms with Crippen LogP contribution in [0.2, 0.25) is 0 Å². The highest BCUT2D eigenvalue weighted by Gasteiger charge is 2.30. The predicted octanol–water partition coefficient (Wildman–Crippen LogP) is -0.140. The predicted molar refractivity (Wildman–Crippen MR) is 67.4 cm³/mol. The molecule has 0 atom stereocenters. The monoisotopic (exact) mass is 247 g/mol. The van der Waals surface area contributed by atoms with E-state index in [0.717, 1.165) is 39.0 Å². The second kappa shape index (κ2) is 4.53. The first-order valence-electron chi connectivity index (χ1n) is 6.36. The lowest BCUT2D eigenvalue weighted by Gasteiger charge is -2.31. The fourth-order valence-electron chi connectivity index (χ4n) is 2.77. The number of piperidine rings is 1. The fourth-order valence-corrected chi connectivity index (χ4v) is 2.77. The smallest absolute Gasteiger partial charge is 0.267 e. The van der Waals surface area contributed by atoms with Crippen molar-refractivity contribution >= 4 is 11.9 Å². The molecule has 4 rings (SSSR count). The minimum atomic E-state index is -0.499. The van der Waals surface area contributed by atoms with E-state index in [1.165, 1.54) is 0 Å². The van der Waals surface area contributed by atoms with Crippen LogP contribution in [0.25, 0.3) is 0 Å². The van der Waals surface area contributed by atoms with Crippen molar-refractivity contribution in [1.82, 2.24) is 14.9 Å². The van der Waals surface area contributed by atoms with Gasteiger partial charge in [0.15, 0.2) is 0 Å². The highest BCUT2D eigenvalue weighted by molar-refractivity contribution is 5.90. The third-order valence-corrected chi connectivity index (χ3v) is 3.81. The fraction of sp³-hybridized carbons (Fsp3) is 0.583. The molecule has 0 spiro atoms. The number of carbonyl (C=O) groups excluding carboxylic acids is 1. The van der Waals surface area contributed by atoms with Gasteiger partial charge in [-0.25, -0.2) is 9.97 Å². The van der Waals surface area contributed by atoms with Crippen LogP contribution >= 0.6 is 0 Å². The van der Waals surface area contributed by atoms with Crippen LogP contribution in [0, 0.1) is 0 Å². The maximum absolute atomic E-state index is 11.2. The Morgan fingerprint density at radius 3 is 2.78 bits per heavy atom. The molecule has 18 heavy (non-hydrogen) atoms. The number of nitrogens with two attached hydrogens (primary N) is 1. The third kappa shape index (κ3) is 2.03. The van der Waals surface area contributed by atoms with Crippen molar-refractivity contribution in [2.24, 2.45) is 5.73 Å². The standard InChI is InChI=1S/C12H17N5O/c13-11(18)10-1-4-14-12(15-10)17-8-7-16-5-2-9(17)3-6-16/h1,4,9H,2-3,5-8H2,(H2,13,18). The molecule has 0 aromatic carbocycles. The molecule has 1 amide bonds. The van der Waals surface area contributed by atoms with Crippen molar-refractivity contribution in [2.75, 3.05) is 31.1 Å². The van der Waals surface area contributed by atoms with Gasteiger partial charge in [-0.05, 0) is 18.9 Å². The minimum absolute atomic E-state index is 0.291. The molecule has 2 bridgehead atoms. The van der Waals surface area contributed by atoms with Gasteiger partial charge in [0, 0.05) is 38.4 Å². The van der Waals surface area contributed by atoms with Crippen molar-refractivity contribution in [3.63, 3.8) is 0 Å². The van der Waals surface area contributed by atoms with Crippen molar-refractivity contribution in [2.45, 2.75) is 18.9 Å². The Bertz CT molecular complexity index is 456. The summed E-state index contributed by atoms with van der Waals surface area (Å²) in [5.41, 5.74) is 5.55. The van der Waals surface area contributed by atoms with Gasteiger partial charge in [0.05, 0.1) is 0 Å². The van der Waals surface area contributed by atoms with Crippen LogP contribution < -0.4 is 10.6 Å². The number of nitrogens with zero attached hydrogens (tertiary/aromatic N) is 4. The van der Waals surface area contributed by atoms with E-state index in [0.29, 0.717) is 17.7 Å². The SMILES string of the molecule is NC(=O)c1ccnc(N2CCN3CCC2CC3)n1. The molecule has 3 saturated heterocycles. The Hall–Kier alpha value is -1.69. The van der Waals surface area contributed by atoms with E-state index in [1.54, 1.807) is 12.3 Å². The lowest BCUT2D eigenvalue weighted by Crippen LogP contribution is -2.39. The van der Waals surface area contributed by atoms with E-state index in [1.807, 2.05) is 0 Å². The molecule has 6 heteroatoms. The summed E-state index contributed by atoms with van der Waals surface area (Å²) in [5, 5.41) is 0. The zero-order valence-electron chi connectivity index (χ0n) is 10.2. The maximum Gasteiger partial charge on any atom is 0.267 e. The van der Waals surface area contributed by atoms with Crippen LogP contribution in [0.4, 0.5) is 5.95 Å². The van der Waals surface area contributed by atoms with E-state index >= 15 is 0 Å². The van der Waals surface area contributed by atoms with Gasteiger partial charge in [0.1, 0.15) is 5.69 Å². The van der Waals surface area contributed by atoms with Crippen LogP contribution in [0.5, 0.6) is 0 Å². The van der Waals surface area contributed by atoms with Gasteiger partial charge < -0.3 is 15.5 Å². The summed E-state index contributed by atoms with van der Waals surface area (Å²) in [4.78, 5) is 24.4. The molecule has 0 saturated carbocycles. The zero-order valence-corrected chi connectivity index (χ0v) is 10.2. The average Bonchev–Trinajstić information content (AvgIpc) is 2.72. The number of amides is 1. The third-order valence-electron chi connectivity index (χ3n) is 3.81. The quantitative estimate of drug-likeness (QED) is 0.787. The molecule has 2 N–H and O–H groups in total. The first kappa shape index (κ1) is 11.4. The molecule has 1 aromatic heterocycles. The number of fused-ring (bicyclic) bond motifs is 4. The van der Waals surface area contributed by atoms with Gasteiger partial charge in [-0.15, -0.1) is 0 Å². The van der Waals surface area contributed by atoms with Gasteiger partial charge in [-0.3, -0.25) is 4.79 Å². The summed E-state index contributed by atoms with van der Waals surface area (Å²) >= 11 is 0. The molecular weight excluding hydrogens is 230 g/mol. The highest BCUT2D eigenvalue weighted by Crippen LogP contribution is 2.24. The second-order valence-corrected chi connectivity index (χ2v) is 4.87. The first-order chi connectivity index (χ1) is 8.74. The largest absolute Gasteiger partial charge is 0.364 e. The Kier molecular flexibility index (Phi) is 2.87. The Morgan fingerprint density at radius 2 is 2.06 bits per heavy atom. The summed E-state index contributed by atoms with van der Waals surface area (Å²) in [6.45, 7) is 4.26. The number of hydrogen-bond acceptors (Lipinski definition) is 5. The zero-order chi connectivity index (χ0) is 12.5. The van der Waals surface area contributed by atoms with Crippen molar-refractivity contribution < 1.29 is 4.79 Å². The molecule has 3 aliphatic heterocycles. The van der Waals surface area contributed by atoms with E-state index in [4.69, 9.17) is 5.73 Å². The lowest BCUT2D eigenvalue weighted by atomic mass is 10.1. The van der Waals surface area contributed by atoms with E-state index in [-0.39, 0.29) is 0 Å². The number of aromatic nitrogens is 2. The summed E-state index contributed by atoms with van der Waals surface area (Å²) in [6, 6.07) is 2.05. The Morgan fingerprint density at radius 1 is 1.28 bits per heavy atom. The Labute approximate surface area is 106 Å². The summed E-state index contributed by atoms with van der Waals surface area (Å²) in [6.07, 6.45) is 3.90. The van der Waals surface area contributed by atoms with E-state index < -0.39 is 5.91 Å². The van der Waals surface area contributed by atoms with Crippen LogP contribution in [-0.4, -0.2) is 53.0 Å². The topological polar surface area (TPSA) is 75.4 Å². The first-order valence-corrected chi connectivity index (χ1v) is 6.36. The number of primary amides is 1. The average molecular weight is 247 g/mol. The van der Waals surface area contributed by atoms with Gasteiger partial charge in [-0.2, -0.15) is 0 Å². The summed E-state index contributed by atoms with van der Waals surface area (Å²) in [7, 11) is 0. The number of hydrogen-bond donors (Lipinski definition) is 1. The van der Waals surface area contributed by atoms with Crippen molar-refractivity contribution in [3.05, 3.63) is 18.0 Å². The molecule has 6 nitrogen and oxygen atoms in total. The van der Waals surface area contributed by atoms with Gasteiger partial charge in [0.2, 0.25) is 5.95 Å². The molecular formula is C12H17N5O. The maximum atomic E-state index is 11.2. The van der Waals surface area contributed by atoms with E-state index in [2.05, 4.69) is 19.8 Å². The minimum Gasteiger partial charge on any atom is -0.364 e. The van der Waals surface area contributed by atoms with E-state index in [9.17, 15) is 4.79 Å². The van der Waals surface area contributed by atoms with Gasteiger partial charge in [0.25, 0.3) is 5.91 Å². The number of rotatable bonds is 2. The Balaban J connectivity index is 1.89. The molecule has 0 radical (unpaired) electrons. The summed E-state index contributed by atoms with van der Waals surface area (Å²) < 4.78 is 0. The van der Waals surface area contributed by atoms with Gasteiger partial charge in [-0.1, -0.05) is 0 Å². The molecule has 0 unspecified atom stereocenters. The lowest BCUT2D eigenvalue weighted by molar-refractivity contribution is 0.0995. The second-order valence-electron chi connectivity index (χ2n) is 4.87. The molecule has 1 aromatic rings.